The second-order valence-electron chi connectivity index (χ2n) is 4.63. The zero-order valence-corrected chi connectivity index (χ0v) is 11.2. The average Bonchev–Trinajstić information content (AvgIpc) is 2.98. The van der Waals surface area contributed by atoms with Gasteiger partial charge in [-0.1, -0.05) is 30.3 Å². The quantitative estimate of drug-likeness (QED) is 0.583. The molecule has 0 aliphatic rings. The molecule has 21 heavy (non-hydrogen) atoms. The fraction of sp³-hybridized carbons (Fsp3) is 0.143. The Labute approximate surface area is 119 Å². The maximum absolute atomic E-state index is 10.9. The molecule has 7 heteroatoms. The molecule has 7 nitrogen and oxygen atoms in total. The van der Waals surface area contributed by atoms with Crippen LogP contribution >= 0.6 is 0 Å². The number of aromatic nitrogens is 2. The summed E-state index contributed by atoms with van der Waals surface area (Å²) < 4.78 is 4.64. The first-order chi connectivity index (χ1) is 10.2. The lowest BCUT2D eigenvalue weighted by Gasteiger charge is -2.15. The minimum absolute atomic E-state index is 0.0209. The summed E-state index contributed by atoms with van der Waals surface area (Å²) in [5.41, 5.74) is 2.12. The highest BCUT2D eigenvalue weighted by molar-refractivity contribution is 5.93. The molecule has 1 N–H and O–H groups in total. The third-order valence-electron chi connectivity index (χ3n) is 3.26. The minimum atomic E-state index is -0.503. The van der Waals surface area contributed by atoms with Crippen LogP contribution in [0.15, 0.2) is 47.1 Å². The Morgan fingerprint density at radius 3 is 2.57 bits per heavy atom. The van der Waals surface area contributed by atoms with Crippen LogP contribution in [0.1, 0.15) is 18.5 Å². The number of nitrogens with one attached hydrogen (secondary N) is 1. The molecule has 0 spiro atoms. The molecule has 1 atom stereocenters. The van der Waals surface area contributed by atoms with Crippen molar-refractivity contribution < 1.29 is 9.55 Å². The number of benzene rings is 2. The Morgan fingerprint density at radius 1 is 1.14 bits per heavy atom. The monoisotopic (exact) mass is 284 g/mol. The molecule has 0 amide bonds. The SMILES string of the molecule is CC(Nc1ccc([N+](=O)[O-])c2nonc12)c1ccccc1. The first-order valence-corrected chi connectivity index (χ1v) is 6.38. The van der Waals surface area contributed by atoms with Crippen LogP contribution in [0.4, 0.5) is 11.4 Å². The van der Waals surface area contributed by atoms with Crippen LogP contribution < -0.4 is 5.32 Å². The number of fused-ring (bicyclic) bond motifs is 1. The van der Waals surface area contributed by atoms with E-state index in [1.54, 1.807) is 6.07 Å². The summed E-state index contributed by atoms with van der Waals surface area (Å²) in [6.07, 6.45) is 0. The molecule has 2 aromatic carbocycles. The van der Waals surface area contributed by atoms with Gasteiger partial charge in [0.1, 0.15) is 0 Å². The highest BCUT2D eigenvalue weighted by Crippen LogP contribution is 2.30. The van der Waals surface area contributed by atoms with Crippen molar-refractivity contribution in [2.24, 2.45) is 0 Å². The topological polar surface area (TPSA) is 94.1 Å². The number of hydrogen-bond acceptors (Lipinski definition) is 6. The number of anilines is 1. The van der Waals surface area contributed by atoms with Gasteiger partial charge in [0.2, 0.25) is 5.52 Å². The molecule has 0 aliphatic carbocycles. The van der Waals surface area contributed by atoms with Crippen molar-refractivity contribution in [2.45, 2.75) is 13.0 Å². The van der Waals surface area contributed by atoms with Crippen molar-refractivity contribution in [1.29, 1.82) is 0 Å². The van der Waals surface area contributed by atoms with E-state index >= 15 is 0 Å². The normalized spacial score (nSPS) is 12.2. The van der Waals surface area contributed by atoms with Crippen LogP contribution in [0, 0.1) is 10.1 Å². The average molecular weight is 284 g/mol. The molecule has 1 aromatic heterocycles. The van der Waals surface area contributed by atoms with E-state index in [1.807, 2.05) is 37.3 Å². The van der Waals surface area contributed by atoms with Crippen LogP contribution in [0.3, 0.4) is 0 Å². The molecule has 3 rings (SSSR count). The fourth-order valence-electron chi connectivity index (χ4n) is 2.18. The number of nitro groups is 1. The van der Waals surface area contributed by atoms with Crippen LogP contribution in [0.25, 0.3) is 11.0 Å². The largest absolute Gasteiger partial charge is 0.377 e. The van der Waals surface area contributed by atoms with Gasteiger partial charge in [-0.15, -0.1) is 0 Å². The second-order valence-corrected chi connectivity index (χ2v) is 4.63. The molecule has 0 radical (unpaired) electrons. The summed E-state index contributed by atoms with van der Waals surface area (Å²) in [5, 5.41) is 21.6. The van der Waals surface area contributed by atoms with Crippen molar-refractivity contribution in [3.05, 3.63) is 58.1 Å². The van der Waals surface area contributed by atoms with Gasteiger partial charge < -0.3 is 5.32 Å². The van der Waals surface area contributed by atoms with E-state index < -0.39 is 4.92 Å². The van der Waals surface area contributed by atoms with Gasteiger partial charge in [-0.05, 0) is 28.9 Å². The number of non-ortho nitro benzene ring substituents is 1. The molecule has 1 heterocycles. The molecule has 0 bridgehead atoms. The van der Waals surface area contributed by atoms with E-state index in [2.05, 4.69) is 20.3 Å². The molecular formula is C14H12N4O3. The smallest absolute Gasteiger partial charge is 0.300 e. The summed E-state index contributed by atoms with van der Waals surface area (Å²) in [5.74, 6) is 0. The molecule has 0 saturated heterocycles. The number of nitro benzene ring substituents is 1. The van der Waals surface area contributed by atoms with E-state index in [-0.39, 0.29) is 17.2 Å². The lowest BCUT2D eigenvalue weighted by Crippen LogP contribution is -2.07. The van der Waals surface area contributed by atoms with Crippen LogP contribution in [0.5, 0.6) is 0 Å². The summed E-state index contributed by atoms with van der Waals surface area (Å²) >= 11 is 0. The lowest BCUT2D eigenvalue weighted by molar-refractivity contribution is -0.383. The van der Waals surface area contributed by atoms with Gasteiger partial charge in [0, 0.05) is 12.1 Å². The van der Waals surface area contributed by atoms with Crippen LogP contribution in [-0.2, 0) is 0 Å². The van der Waals surface area contributed by atoms with E-state index in [0.717, 1.165) is 5.56 Å². The standard InChI is InChI=1S/C14H12N4O3/c1-9(10-5-3-2-4-6-10)15-11-7-8-12(18(19)20)14-13(11)16-21-17-14/h2-9,15H,1H3. The van der Waals surface area contributed by atoms with Gasteiger partial charge >= 0.3 is 5.69 Å². The summed E-state index contributed by atoms with van der Waals surface area (Å²) in [7, 11) is 0. The van der Waals surface area contributed by atoms with Crippen molar-refractivity contribution in [2.75, 3.05) is 5.32 Å². The van der Waals surface area contributed by atoms with E-state index in [0.29, 0.717) is 11.2 Å². The highest BCUT2D eigenvalue weighted by Gasteiger charge is 2.20. The molecule has 1 unspecified atom stereocenters. The first kappa shape index (κ1) is 13.0. The summed E-state index contributed by atoms with van der Waals surface area (Å²) in [6.45, 7) is 2.00. The van der Waals surface area contributed by atoms with Gasteiger partial charge in [-0.25, -0.2) is 4.63 Å². The second kappa shape index (κ2) is 5.20. The van der Waals surface area contributed by atoms with Gasteiger partial charge in [0.25, 0.3) is 0 Å². The maximum Gasteiger partial charge on any atom is 0.300 e. The Kier molecular flexibility index (Phi) is 3.23. The molecule has 0 fully saturated rings. The first-order valence-electron chi connectivity index (χ1n) is 6.38. The van der Waals surface area contributed by atoms with Gasteiger partial charge in [0.15, 0.2) is 5.52 Å². The van der Waals surface area contributed by atoms with E-state index in [4.69, 9.17) is 0 Å². The summed E-state index contributed by atoms with van der Waals surface area (Å²) in [4.78, 5) is 10.4. The van der Waals surface area contributed by atoms with Crippen molar-refractivity contribution in [3.8, 4) is 0 Å². The molecule has 3 aromatic rings. The predicted octanol–water partition coefficient (Wildman–Crippen LogP) is 3.30. The van der Waals surface area contributed by atoms with Crippen molar-refractivity contribution >= 4 is 22.4 Å². The molecular weight excluding hydrogens is 272 g/mol. The highest BCUT2D eigenvalue weighted by atomic mass is 16.6. The van der Waals surface area contributed by atoms with E-state index in [9.17, 15) is 10.1 Å². The lowest BCUT2D eigenvalue weighted by atomic mass is 10.1. The number of nitrogens with zero attached hydrogens (tertiary/aromatic N) is 3. The Balaban J connectivity index is 1.97. The Morgan fingerprint density at radius 2 is 1.86 bits per heavy atom. The third kappa shape index (κ3) is 2.40. The van der Waals surface area contributed by atoms with Gasteiger partial charge in [0.05, 0.1) is 10.6 Å². The maximum atomic E-state index is 10.9. The molecule has 0 saturated carbocycles. The fourth-order valence-corrected chi connectivity index (χ4v) is 2.18. The zero-order chi connectivity index (χ0) is 14.8. The van der Waals surface area contributed by atoms with E-state index in [1.165, 1.54) is 6.07 Å². The van der Waals surface area contributed by atoms with Crippen LogP contribution in [-0.4, -0.2) is 15.2 Å². The van der Waals surface area contributed by atoms with Crippen LogP contribution in [0.2, 0.25) is 0 Å². The third-order valence-corrected chi connectivity index (χ3v) is 3.26. The van der Waals surface area contributed by atoms with Gasteiger partial charge in [-0.2, -0.15) is 0 Å². The van der Waals surface area contributed by atoms with Crippen molar-refractivity contribution in [3.63, 3.8) is 0 Å². The minimum Gasteiger partial charge on any atom is -0.377 e. The molecule has 106 valence electrons. The predicted molar refractivity (Wildman–Crippen MR) is 76.9 cm³/mol. The summed E-state index contributed by atoms with van der Waals surface area (Å²) in [6, 6.07) is 12.9. The van der Waals surface area contributed by atoms with Crippen molar-refractivity contribution in [1.82, 2.24) is 10.3 Å². The van der Waals surface area contributed by atoms with Gasteiger partial charge in [-0.3, -0.25) is 10.1 Å². The number of hydrogen-bond donors (Lipinski definition) is 1. The Hall–Kier alpha value is -2.96. The zero-order valence-electron chi connectivity index (χ0n) is 11.2. The molecule has 0 aliphatic heterocycles. The Bertz CT molecular complexity index is 785. The number of rotatable bonds is 4.